The van der Waals surface area contributed by atoms with Crippen molar-refractivity contribution in [3.8, 4) is 0 Å². The molecule has 7 heteroatoms. The first-order chi connectivity index (χ1) is 9.33. The van der Waals surface area contributed by atoms with Crippen molar-refractivity contribution in [2.45, 2.75) is 12.6 Å². The van der Waals surface area contributed by atoms with Crippen LogP contribution in [-0.2, 0) is 11.3 Å². The van der Waals surface area contributed by atoms with Crippen molar-refractivity contribution >= 4 is 5.91 Å². The summed E-state index contributed by atoms with van der Waals surface area (Å²) in [5, 5.41) is 9.86. The molecule has 0 aromatic carbocycles. The summed E-state index contributed by atoms with van der Waals surface area (Å²) >= 11 is 0. The minimum absolute atomic E-state index is 0.124. The van der Waals surface area contributed by atoms with E-state index in [4.69, 9.17) is 0 Å². The van der Waals surface area contributed by atoms with Crippen LogP contribution in [0, 0.1) is 0 Å². The van der Waals surface area contributed by atoms with Gasteiger partial charge in [-0.1, -0.05) is 12.2 Å². The van der Waals surface area contributed by atoms with Crippen LogP contribution in [0.4, 0.5) is 0 Å². The van der Waals surface area contributed by atoms with E-state index in [2.05, 4.69) is 25.4 Å². The van der Waals surface area contributed by atoms with Crippen LogP contribution in [0.15, 0.2) is 18.5 Å². The van der Waals surface area contributed by atoms with Crippen LogP contribution in [0.2, 0.25) is 0 Å². The van der Waals surface area contributed by atoms with Gasteiger partial charge in [0.05, 0.1) is 6.54 Å². The summed E-state index contributed by atoms with van der Waals surface area (Å²) < 4.78 is 0. The van der Waals surface area contributed by atoms with Gasteiger partial charge in [-0.3, -0.25) is 20.1 Å². The van der Waals surface area contributed by atoms with Gasteiger partial charge in [0.1, 0.15) is 18.2 Å². The molecule has 0 aliphatic carbocycles. The first-order valence-electron chi connectivity index (χ1n) is 6.58. The fraction of sp³-hybridized carbons (Fsp3) is 0.583. The second-order valence-corrected chi connectivity index (χ2v) is 4.85. The Labute approximate surface area is 111 Å². The van der Waals surface area contributed by atoms with Crippen LogP contribution in [0.1, 0.15) is 5.82 Å². The molecule has 102 valence electrons. The number of rotatable bonds is 3. The van der Waals surface area contributed by atoms with Gasteiger partial charge in [-0.15, -0.1) is 0 Å². The molecule has 3 rings (SSSR count). The van der Waals surface area contributed by atoms with E-state index in [1.807, 2.05) is 17.1 Å². The Morgan fingerprint density at radius 2 is 2.21 bits per heavy atom. The summed E-state index contributed by atoms with van der Waals surface area (Å²) in [5.41, 5.74) is 0. The molecule has 1 amide bonds. The van der Waals surface area contributed by atoms with Gasteiger partial charge in [-0.25, -0.2) is 4.98 Å². The highest BCUT2D eigenvalue weighted by molar-refractivity contribution is 5.84. The average molecular weight is 262 g/mol. The molecule has 2 aliphatic rings. The predicted molar refractivity (Wildman–Crippen MR) is 69.2 cm³/mol. The highest BCUT2D eigenvalue weighted by Gasteiger charge is 2.27. The molecule has 0 bridgehead atoms. The van der Waals surface area contributed by atoms with Gasteiger partial charge < -0.3 is 4.90 Å². The number of aromatic amines is 1. The van der Waals surface area contributed by atoms with E-state index in [0.717, 1.165) is 45.1 Å². The van der Waals surface area contributed by atoms with Crippen molar-refractivity contribution in [1.29, 1.82) is 0 Å². The summed E-state index contributed by atoms with van der Waals surface area (Å²) in [7, 11) is 0. The second-order valence-electron chi connectivity index (χ2n) is 4.85. The zero-order valence-corrected chi connectivity index (χ0v) is 10.7. The van der Waals surface area contributed by atoms with Crippen molar-refractivity contribution in [2.24, 2.45) is 0 Å². The summed E-state index contributed by atoms with van der Waals surface area (Å²) in [4.78, 5) is 20.5. The maximum atomic E-state index is 12.2. The molecule has 2 aliphatic heterocycles. The Bertz CT molecular complexity index is 449. The predicted octanol–water partition coefficient (Wildman–Crippen LogP) is -1.02. The van der Waals surface area contributed by atoms with Gasteiger partial charge in [-0.2, -0.15) is 5.10 Å². The maximum Gasteiger partial charge on any atom is 0.243 e. The average Bonchev–Trinajstić information content (AvgIpc) is 3.12. The number of aromatic nitrogens is 3. The lowest BCUT2D eigenvalue weighted by molar-refractivity contribution is -0.133. The molecule has 1 fully saturated rings. The van der Waals surface area contributed by atoms with Crippen LogP contribution < -0.4 is 5.32 Å². The molecular weight excluding hydrogens is 244 g/mol. The number of H-pyrrole nitrogens is 1. The Morgan fingerprint density at radius 1 is 1.37 bits per heavy atom. The maximum absolute atomic E-state index is 12.2. The lowest BCUT2D eigenvalue weighted by atomic mass is 10.2. The molecule has 2 N–H and O–H groups in total. The summed E-state index contributed by atoms with van der Waals surface area (Å²) in [6.07, 6.45) is 5.47. The quantitative estimate of drug-likeness (QED) is 0.682. The van der Waals surface area contributed by atoms with Gasteiger partial charge in [0.25, 0.3) is 0 Å². The molecule has 3 heterocycles. The zero-order chi connectivity index (χ0) is 13.1. The molecule has 1 aromatic rings. The number of nitrogens with one attached hydrogen (secondary N) is 2. The van der Waals surface area contributed by atoms with Gasteiger partial charge in [-0.05, 0) is 0 Å². The number of piperazine rings is 1. The lowest BCUT2D eigenvalue weighted by Crippen LogP contribution is -2.52. The van der Waals surface area contributed by atoms with E-state index < -0.39 is 0 Å². The van der Waals surface area contributed by atoms with Gasteiger partial charge in [0.15, 0.2) is 0 Å². The third-order valence-corrected chi connectivity index (χ3v) is 3.57. The van der Waals surface area contributed by atoms with E-state index in [-0.39, 0.29) is 11.9 Å². The molecule has 1 unspecified atom stereocenters. The molecule has 1 atom stereocenters. The largest absolute Gasteiger partial charge is 0.338 e. The molecular formula is C12H18N6O. The molecule has 19 heavy (non-hydrogen) atoms. The summed E-state index contributed by atoms with van der Waals surface area (Å²) in [6.45, 7) is 4.87. The minimum Gasteiger partial charge on any atom is -0.338 e. The van der Waals surface area contributed by atoms with E-state index in [9.17, 15) is 4.79 Å². The number of hydrogen-bond donors (Lipinski definition) is 2. The normalized spacial score (nSPS) is 24.0. The Kier molecular flexibility index (Phi) is 3.56. The number of amides is 1. The van der Waals surface area contributed by atoms with Crippen LogP contribution in [-0.4, -0.2) is 69.7 Å². The van der Waals surface area contributed by atoms with Crippen LogP contribution in [0.25, 0.3) is 0 Å². The Balaban J connectivity index is 1.49. The molecule has 0 saturated carbocycles. The Hall–Kier alpha value is -1.73. The standard InChI is InChI=1S/C12H18N6O/c19-12(10-2-1-3-13-10)18-6-4-17(5-7-18)8-11-14-9-15-16-11/h1-2,9-10,13H,3-8H2,(H,14,15,16). The number of carbonyl (C=O) groups excluding carboxylic acids is 1. The topological polar surface area (TPSA) is 77.2 Å². The van der Waals surface area contributed by atoms with Crippen molar-refractivity contribution < 1.29 is 4.79 Å². The fourth-order valence-electron chi connectivity index (χ4n) is 2.48. The highest BCUT2D eigenvalue weighted by atomic mass is 16.2. The van der Waals surface area contributed by atoms with Crippen molar-refractivity contribution in [3.05, 3.63) is 24.3 Å². The Morgan fingerprint density at radius 3 is 2.84 bits per heavy atom. The molecule has 1 saturated heterocycles. The van der Waals surface area contributed by atoms with Gasteiger partial charge in [0.2, 0.25) is 5.91 Å². The first kappa shape index (κ1) is 12.3. The van der Waals surface area contributed by atoms with E-state index >= 15 is 0 Å². The minimum atomic E-state index is -0.124. The second kappa shape index (κ2) is 5.50. The zero-order valence-electron chi connectivity index (χ0n) is 10.7. The molecule has 7 nitrogen and oxygen atoms in total. The molecule has 0 radical (unpaired) electrons. The summed E-state index contributed by atoms with van der Waals surface area (Å²) in [5.74, 6) is 1.06. The van der Waals surface area contributed by atoms with Crippen molar-refractivity contribution in [3.63, 3.8) is 0 Å². The van der Waals surface area contributed by atoms with Crippen molar-refractivity contribution in [2.75, 3.05) is 32.7 Å². The number of hydrogen-bond acceptors (Lipinski definition) is 5. The first-order valence-corrected chi connectivity index (χ1v) is 6.58. The van der Waals surface area contributed by atoms with Crippen LogP contribution in [0.5, 0.6) is 0 Å². The van der Waals surface area contributed by atoms with Crippen LogP contribution in [0.3, 0.4) is 0 Å². The smallest absolute Gasteiger partial charge is 0.243 e. The number of carbonyl (C=O) groups is 1. The fourth-order valence-corrected chi connectivity index (χ4v) is 2.48. The van der Waals surface area contributed by atoms with Crippen LogP contribution >= 0.6 is 0 Å². The highest BCUT2D eigenvalue weighted by Crippen LogP contribution is 2.08. The third-order valence-electron chi connectivity index (χ3n) is 3.57. The van der Waals surface area contributed by atoms with Gasteiger partial charge in [0, 0.05) is 32.7 Å². The molecule has 1 aromatic heterocycles. The molecule has 0 spiro atoms. The van der Waals surface area contributed by atoms with E-state index in [0.29, 0.717) is 0 Å². The monoisotopic (exact) mass is 262 g/mol. The lowest BCUT2D eigenvalue weighted by Gasteiger charge is -2.35. The number of nitrogens with zero attached hydrogens (tertiary/aromatic N) is 4. The van der Waals surface area contributed by atoms with E-state index in [1.165, 1.54) is 6.33 Å². The van der Waals surface area contributed by atoms with Gasteiger partial charge >= 0.3 is 0 Å². The van der Waals surface area contributed by atoms with E-state index in [1.54, 1.807) is 0 Å². The van der Waals surface area contributed by atoms with Crippen molar-refractivity contribution in [1.82, 2.24) is 30.3 Å². The SMILES string of the molecule is O=C(C1C=CCN1)N1CCN(Cc2ncn[nH]2)CC1. The third kappa shape index (κ3) is 2.82. The summed E-state index contributed by atoms with van der Waals surface area (Å²) in [6, 6.07) is -0.124.